The average molecular weight is 226 g/mol. The van der Waals surface area contributed by atoms with Crippen LogP contribution in [0.25, 0.3) is 0 Å². The van der Waals surface area contributed by atoms with Crippen molar-refractivity contribution in [3.05, 3.63) is 11.6 Å². The lowest BCUT2D eigenvalue weighted by Gasteiger charge is -2.29. The molecule has 2 rings (SSSR count). The Morgan fingerprint density at radius 3 is 2.80 bits per heavy atom. The molecule has 2 heterocycles. The Kier molecular flexibility index (Phi) is 2.81. The second kappa shape index (κ2) is 3.95. The number of nitriles is 1. The second-order valence-electron chi connectivity index (χ2n) is 4.14. The Morgan fingerprint density at radius 1 is 1.53 bits per heavy atom. The molecular weight excluding hydrogens is 212 g/mol. The zero-order valence-electron chi connectivity index (χ0n) is 8.52. The Bertz CT molecular complexity index is 419. The summed E-state index contributed by atoms with van der Waals surface area (Å²) in [4.78, 5) is 2.17. The van der Waals surface area contributed by atoms with Crippen LogP contribution in [0.15, 0.2) is 11.6 Å². The maximum absolute atomic E-state index is 11.3. The van der Waals surface area contributed by atoms with Gasteiger partial charge in [0, 0.05) is 24.7 Å². The molecule has 0 N–H and O–H groups in total. The molecule has 1 unspecified atom stereocenters. The van der Waals surface area contributed by atoms with E-state index < -0.39 is 9.84 Å². The molecule has 0 aromatic heterocycles. The van der Waals surface area contributed by atoms with E-state index >= 15 is 0 Å². The van der Waals surface area contributed by atoms with Crippen LogP contribution < -0.4 is 0 Å². The first-order chi connectivity index (χ1) is 7.11. The maximum atomic E-state index is 11.3. The molecule has 0 aromatic rings. The Hall–Kier alpha value is -0.860. The summed E-state index contributed by atoms with van der Waals surface area (Å²) in [6.45, 7) is 1.54. The van der Waals surface area contributed by atoms with Crippen molar-refractivity contribution in [1.29, 1.82) is 5.26 Å². The summed E-state index contributed by atoms with van der Waals surface area (Å²) < 4.78 is 22.6. The molecule has 0 amide bonds. The summed E-state index contributed by atoms with van der Waals surface area (Å²) in [6, 6.07) is 2.32. The smallest absolute Gasteiger partial charge is 0.151 e. The van der Waals surface area contributed by atoms with Crippen LogP contribution in [0.4, 0.5) is 0 Å². The van der Waals surface area contributed by atoms with Gasteiger partial charge in [-0.15, -0.1) is 0 Å². The third-order valence-electron chi connectivity index (χ3n) is 3.11. The van der Waals surface area contributed by atoms with E-state index in [2.05, 4.69) is 11.0 Å². The molecule has 0 spiro atoms. The van der Waals surface area contributed by atoms with Crippen LogP contribution in [0, 0.1) is 11.3 Å². The zero-order chi connectivity index (χ0) is 10.9. The number of hydrogen-bond donors (Lipinski definition) is 0. The second-order valence-corrected chi connectivity index (χ2v) is 6.37. The lowest BCUT2D eigenvalue weighted by atomic mass is 10.1. The van der Waals surface area contributed by atoms with Crippen molar-refractivity contribution in [1.82, 2.24) is 4.90 Å². The standard InChI is InChI=1S/C10H14N2O2S/c11-7-9-1-4-12(5-2-9)10-3-6-15(13,14)8-10/h1,10H,2-6,8H2. The van der Waals surface area contributed by atoms with Crippen LogP contribution in [-0.4, -0.2) is 44.0 Å². The first-order valence-corrected chi connectivity index (χ1v) is 6.96. The molecule has 0 aromatic carbocycles. The van der Waals surface area contributed by atoms with E-state index in [9.17, 15) is 8.42 Å². The summed E-state index contributed by atoms with van der Waals surface area (Å²) in [5.74, 6) is 0.617. The molecule has 0 bridgehead atoms. The molecule has 5 heteroatoms. The first-order valence-electron chi connectivity index (χ1n) is 5.14. The molecule has 15 heavy (non-hydrogen) atoms. The normalized spacial score (nSPS) is 30.9. The van der Waals surface area contributed by atoms with Crippen LogP contribution in [-0.2, 0) is 9.84 Å². The van der Waals surface area contributed by atoms with Gasteiger partial charge in [0.1, 0.15) is 0 Å². The monoisotopic (exact) mass is 226 g/mol. The van der Waals surface area contributed by atoms with Crippen molar-refractivity contribution in [2.24, 2.45) is 0 Å². The van der Waals surface area contributed by atoms with Gasteiger partial charge in [-0.3, -0.25) is 4.90 Å². The highest BCUT2D eigenvalue weighted by molar-refractivity contribution is 7.91. The van der Waals surface area contributed by atoms with Gasteiger partial charge >= 0.3 is 0 Å². The van der Waals surface area contributed by atoms with Gasteiger partial charge in [0.25, 0.3) is 0 Å². The predicted octanol–water partition coefficient (Wildman–Crippen LogP) is 0.329. The quantitative estimate of drug-likeness (QED) is 0.646. The highest BCUT2D eigenvalue weighted by Crippen LogP contribution is 2.21. The SMILES string of the molecule is N#CC1=CCN(C2CCS(=O)(=O)C2)CC1. The minimum Gasteiger partial charge on any atom is -0.295 e. The lowest BCUT2D eigenvalue weighted by Crippen LogP contribution is -2.39. The maximum Gasteiger partial charge on any atom is 0.151 e. The van der Waals surface area contributed by atoms with Crippen LogP contribution >= 0.6 is 0 Å². The summed E-state index contributed by atoms with van der Waals surface area (Å²) in [5, 5.41) is 8.69. The third-order valence-corrected chi connectivity index (χ3v) is 4.86. The average Bonchev–Trinajstić information content (AvgIpc) is 2.59. The van der Waals surface area contributed by atoms with Gasteiger partial charge in [-0.25, -0.2) is 8.42 Å². The molecule has 0 radical (unpaired) electrons. The first kappa shape index (κ1) is 10.7. The topological polar surface area (TPSA) is 61.2 Å². The molecule has 0 aliphatic carbocycles. The number of nitrogens with zero attached hydrogens (tertiary/aromatic N) is 2. The lowest BCUT2D eigenvalue weighted by molar-refractivity contribution is 0.230. The molecular formula is C10H14N2O2S. The minimum atomic E-state index is -2.79. The van der Waals surface area contributed by atoms with Gasteiger partial charge < -0.3 is 0 Å². The molecule has 4 nitrogen and oxygen atoms in total. The molecule has 0 saturated carbocycles. The van der Waals surface area contributed by atoms with E-state index in [0.29, 0.717) is 11.5 Å². The van der Waals surface area contributed by atoms with E-state index in [1.54, 1.807) is 0 Å². The summed E-state index contributed by atoms with van der Waals surface area (Å²) in [5.41, 5.74) is 0.826. The molecule has 82 valence electrons. The van der Waals surface area contributed by atoms with Crippen LogP contribution in [0.5, 0.6) is 0 Å². The summed E-state index contributed by atoms with van der Waals surface area (Å²) in [7, 11) is -2.79. The minimum absolute atomic E-state index is 0.173. The van der Waals surface area contributed by atoms with Crippen molar-refractivity contribution < 1.29 is 8.42 Å². The summed E-state index contributed by atoms with van der Waals surface area (Å²) >= 11 is 0. The fourth-order valence-corrected chi connectivity index (χ4v) is 3.94. The summed E-state index contributed by atoms with van der Waals surface area (Å²) in [6.07, 6.45) is 3.42. The van der Waals surface area contributed by atoms with Gasteiger partial charge in [0.2, 0.25) is 0 Å². The highest BCUT2D eigenvalue weighted by Gasteiger charge is 2.32. The van der Waals surface area contributed by atoms with Crippen molar-refractivity contribution in [2.75, 3.05) is 24.6 Å². The van der Waals surface area contributed by atoms with Gasteiger partial charge in [-0.2, -0.15) is 5.26 Å². The van der Waals surface area contributed by atoms with Crippen molar-refractivity contribution in [3.63, 3.8) is 0 Å². The van der Waals surface area contributed by atoms with E-state index in [1.807, 2.05) is 6.08 Å². The molecule has 2 aliphatic heterocycles. The predicted molar refractivity (Wildman–Crippen MR) is 56.9 cm³/mol. The van der Waals surface area contributed by atoms with E-state index in [0.717, 1.165) is 31.5 Å². The van der Waals surface area contributed by atoms with Gasteiger partial charge in [-0.1, -0.05) is 6.08 Å². The number of hydrogen-bond acceptors (Lipinski definition) is 4. The molecule has 1 saturated heterocycles. The number of sulfone groups is 1. The largest absolute Gasteiger partial charge is 0.295 e. The van der Waals surface area contributed by atoms with Crippen LogP contribution in [0.3, 0.4) is 0 Å². The number of rotatable bonds is 1. The third kappa shape index (κ3) is 2.39. The van der Waals surface area contributed by atoms with Gasteiger partial charge in [0.15, 0.2) is 9.84 Å². The zero-order valence-corrected chi connectivity index (χ0v) is 9.33. The Labute approximate surface area is 90.1 Å². The van der Waals surface area contributed by atoms with E-state index in [-0.39, 0.29) is 6.04 Å². The van der Waals surface area contributed by atoms with E-state index in [1.165, 1.54) is 0 Å². The van der Waals surface area contributed by atoms with Crippen molar-refractivity contribution in [2.45, 2.75) is 18.9 Å². The Balaban J connectivity index is 1.99. The van der Waals surface area contributed by atoms with Gasteiger partial charge in [0.05, 0.1) is 17.6 Å². The molecule has 1 atom stereocenters. The fraction of sp³-hybridized carbons (Fsp3) is 0.700. The van der Waals surface area contributed by atoms with Gasteiger partial charge in [-0.05, 0) is 12.8 Å². The Morgan fingerprint density at radius 2 is 2.33 bits per heavy atom. The fourth-order valence-electron chi connectivity index (χ4n) is 2.18. The van der Waals surface area contributed by atoms with Crippen LogP contribution in [0.1, 0.15) is 12.8 Å². The molecule has 2 aliphatic rings. The van der Waals surface area contributed by atoms with Crippen molar-refractivity contribution >= 4 is 9.84 Å². The van der Waals surface area contributed by atoms with Crippen LogP contribution in [0.2, 0.25) is 0 Å². The molecule has 1 fully saturated rings. The van der Waals surface area contributed by atoms with E-state index in [4.69, 9.17) is 5.26 Å². The van der Waals surface area contributed by atoms with Crippen molar-refractivity contribution in [3.8, 4) is 6.07 Å². The highest BCUT2D eigenvalue weighted by atomic mass is 32.2.